The van der Waals surface area contributed by atoms with Crippen molar-refractivity contribution < 1.29 is 38.2 Å². The Labute approximate surface area is 321 Å². The van der Waals surface area contributed by atoms with E-state index in [0.29, 0.717) is 54.0 Å². The number of carbonyl (C=O) groups excluding carboxylic acids is 6. The van der Waals surface area contributed by atoms with Crippen LogP contribution >= 0.6 is 0 Å². The van der Waals surface area contributed by atoms with Crippen LogP contribution in [0.1, 0.15) is 70.4 Å². The van der Waals surface area contributed by atoms with Gasteiger partial charge in [0.15, 0.2) is 0 Å². The van der Waals surface area contributed by atoms with Crippen molar-refractivity contribution in [2.75, 3.05) is 33.9 Å². The molecule has 0 bridgehead atoms. The van der Waals surface area contributed by atoms with Crippen LogP contribution in [0.2, 0.25) is 0 Å². The minimum absolute atomic E-state index is 0.0456. The average molecular weight is 769 g/mol. The Bertz CT molecular complexity index is 2240. The Hall–Kier alpha value is -6.36. The monoisotopic (exact) mass is 768 g/mol. The number of hydrogen-bond acceptors (Lipinski definition) is 11. The van der Waals surface area contributed by atoms with Gasteiger partial charge in [-0.25, -0.2) is 0 Å². The number of methoxy groups -OCH3 is 2. The fourth-order valence-corrected chi connectivity index (χ4v) is 6.96. The number of ether oxygens (including phenoxy) is 2. The van der Waals surface area contributed by atoms with Crippen molar-refractivity contribution in [3.05, 3.63) is 75.3 Å². The molecule has 1 saturated heterocycles. The summed E-state index contributed by atoms with van der Waals surface area (Å²) in [6.45, 7) is 1.34. The number of aryl methyl sites for hydroxylation is 2. The molecule has 0 spiro atoms. The van der Waals surface area contributed by atoms with Crippen molar-refractivity contribution in [3.8, 4) is 22.6 Å². The molecular weight excluding hydrogens is 724 g/mol. The molecule has 5 N–H and O–H groups in total. The van der Waals surface area contributed by atoms with Crippen molar-refractivity contribution in [3.63, 3.8) is 0 Å². The highest BCUT2D eigenvalue weighted by atomic mass is 16.5. The summed E-state index contributed by atoms with van der Waals surface area (Å²) in [5, 5.41) is 18.6. The van der Waals surface area contributed by atoms with Crippen LogP contribution in [0.25, 0.3) is 22.0 Å². The Morgan fingerprint density at radius 3 is 2.29 bits per heavy atom. The van der Waals surface area contributed by atoms with E-state index in [1.165, 1.54) is 10.6 Å². The van der Waals surface area contributed by atoms with E-state index in [4.69, 9.17) is 9.47 Å². The normalized spacial score (nSPS) is 15.2. The first-order chi connectivity index (χ1) is 27.0. The molecule has 17 heteroatoms. The molecule has 294 valence electrons. The van der Waals surface area contributed by atoms with E-state index < -0.39 is 29.7 Å². The number of pyridine rings is 1. The number of rotatable bonds is 17. The number of amides is 6. The molecule has 2 aliphatic heterocycles. The minimum atomic E-state index is -1.03. The number of nitrogens with one attached hydrogen (secondary N) is 5. The first-order valence-electron chi connectivity index (χ1n) is 18.4. The van der Waals surface area contributed by atoms with E-state index in [1.807, 2.05) is 12.1 Å². The van der Waals surface area contributed by atoms with E-state index in [0.717, 1.165) is 40.9 Å². The maximum atomic E-state index is 13.1. The second-order valence-corrected chi connectivity index (χ2v) is 13.7. The van der Waals surface area contributed by atoms with Gasteiger partial charge in [0.05, 0.1) is 38.1 Å². The molecule has 2 aromatic heterocycles. The van der Waals surface area contributed by atoms with Crippen LogP contribution < -0.4 is 36.3 Å². The molecule has 17 nitrogen and oxygen atoms in total. The van der Waals surface area contributed by atoms with E-state index in [9.17, 15) is 33.6 Å². The molecule has 1 atom stereocenters. The zero-order chi connectivity index (χ0) is 39.9. The van der Waals surface area contributed by atoms with Gasteiger partial charge in [0, 0.05) is 62.2 Å². The van der Waals surface area contributed by atoms with Gasteiger partial charge >= 0.3 is 0 Å². The van der Waals surface area contributed by atoms with Gasteiger partial charge < -0.3 is 30.0 Å². The number of hydrogen-bond donors (Lipinski definition) is 5. The maximum absolute atomic E-state index is 13.1. The smallest absolute Gasteiger partial charge is 0.276 e. The van der Waals surface area contributed by atoms with Gasteiger partial charge in [-0.2, -0.15) is 5.10 Å². The number of imide groups is 2. The van der Waals surface area contributed by atoms with Crippen LogP contribution in [0.3, 0.4) is 0 Å². The summed E-state index contributed by atoms with van der Waals surface area (Å²) in [6.07, 6.45) is 6.28. The lowest BCUT2D eigenvalue weighted by molar-refractivity contribution is -0.136. The van der Waals surface area contributed by atoms with Crippen molar-refractivity contribution in [2.45, 2.75) is 57.5 Å². The van der Waals surface area contributed by atoms with E-state index >= 15 is 0 Å². The van der Waals surface area contributed by atoms with Gasteiger partial charge in [-0.15, -0.1) is 0 Å². The molecule has 0 saturated carbocycles. The lowest BCUT2D eigenvalue weighted by Crippen LogP contribution is -2.54. The molecule has 0 radical (unpaired) electrons. The van der Waals surface area contributed by atoms with Crippen LogP contribution in [-0.2, 0) is 39.2 Å². The Morgan fingerprint density at radius 2 is 1.59 bits per heavy atom. The van der Waals surface area contributed by atoms with Crippen LogP contribution in [0.15, 0.2) is 47.5 Å². The van der Waals surface area contributed by atoms with Gasteiger partial charge in [0.2, 0.25) is 23.6 Å². The number of H-pyrrole nitrogens is 1. The van der Waals surface area contributed by atoms with Crippen molar-refractivity contribution in [1.82, 2.24) is 40.9 Å². The van der Waals surface area contributed by atoms with Gasteiger partial charge in [-0.05, 0) is 67.5 Å². The number of unbranched alkanes of at least 4 members (excludes halogenated alkanes) is 2. The summed E-state index contributed by atoms with van der Waals surface area (Å²) in [5.74, 6) is -1.45. The molecular formula is C39H44N8O9. The second-order valence-electron chi connectivity index (χ2n) is 13.7. The zero-order valence-electron chi connectivity index (χ0n) is 31.4. The van der Waals surface area contributed by atoms with Gasteiger partial charge in [-0.3, -0.25) is 48.9 Å². The summed E-state index contributed by atoms with van der Waals surface area (Å²) >= 11 is 0. The Morgan fingerprint density at radius 1 is 0.893 bits per heavy atom. The van der Waals surface area contributed by atoms with Crippen LogP contribution in [0.5, 0.6) is 11.5 Å². The molecule has 4 aromatic rings. The highest BCUT2D eigenvalue weighted by Crippen LogP contribution is 2.37. The van der Waals surface area contributed by atoms with Crippen LogP contribution in [-0.4, -0.2) is 95.0 Å². The highest BCUT2D eigenvalue weighted by Gasteiger charge is 2.44. The molecule has 1 fully saturated rings. The molecule has 1 unspecified atom stereocenters. The standard InChI is InChI=1S/C39H44N8O9/c1-46-21-28(26-19-43-45-35(26)39(46)54)23-16-30(55-2)27(31(17-23)56-3)18-40-20-34(50)42-14-6-4-5-13-41-32(48)11-8-22-7-9-24-25(15-22)38(53)47(37(24)52)29-10-12-33(49)44-36(29)51/h7,9,15-17,19,21,29,40H,4-6,8,10-14,18,20H2,1-3H3,(H,41,48)(H,42,50)(H,43,45)(H,44,49,51). The Balaban J connectivity index is 0.876. The molecule has 56 heavy (non-hydrogen) atoms. The number of benzene rings is 2. The maximum Gasteiger partial charge on any atom is 0.276 e. The van der Waals surface area contributed by atoms with Crippen molar-refractivity contribution in [2.24, 2.45) is 7.05 Å². The van der Waals surface area contributed by atoms with Gasteiger partial charge in [0.25, 0.3) is 17.4 Å². The summed E-state index contributed by atoms with van der Waals surface area (Å²) in [6, 6.07) is 7.50. The lowest BCUT2D eigenvalue weighted by atomic mass is 10.0. The fourth-order valence-electron chi connectivity index (χ4n) is 6.96. The number of aromatic amines is 1. The quantitative estimate of drug-likeness (QED) is 0.0765. The molecule has 2 aromatic carbocycles. The zero-order valence-corrected chi connectivity index (χ0v) is 31.4. The van der Waals surface area contributed by atoms with Crippen LogP contribution in [0, 0.1) is 0 Å². The number of piperidine rings is 1. The molecule has 4 heterocycles. The third-order valence-electron chi connectivity index (χ3n) is 9.94. The fraction of sp³-hybridized carbons (Fsp3) is 0.385. The number of aromatic nitrogens is 3. The average Bonchev–Trinajstić information content (AvgIpc) is 3.77. The topological polar surface area (TPSA) is 223 Å². The summed E-state index contributed by atoms with van der Waals surface area (Å²) in [4.78, 5) is 88.2. The predicted octanol–water partition coefficient (Wildman–Crippen LogP) is 1.47. The van der Waals surface area contributed by atoms with E-state index in [2.05, 4.69) is 31.5 Å². The van der Waals surface area contributed by atoms with Crippen LogP contribution in [0.4, 0.5) is 0 Å². The number of nitrogens with zero attached hydrogens (tertiary/aromatic N) is 3. The molecule has 6 amide bonds. The predicted molar refractivity (Wildman–Crippen MR) is 203 cm³/mol. The molecule has 2 aliphatic rings. The highest BCUT2D eigenvalue weighted by molar-refractivity contribution is 6.23. The van der Waals surface area contributed by atoms with Gasteiger partial charge in [-0.1, -0.05) is 6.07 Å². The Kier molecular flexibility index (Phi) is 12.2. The summed E-state index contributed by atoms with van der Waals surface area (Å²) < 4.78 is 12.9. The third-order valence-corrected chi connectivity index (χ3v) is 9.94. The first-order valence-corrected chi connectivity index (χ1v) is 18.4. The van der Waals surface area contributed by atoms with E-state index in [1.54, 1.807) is 45.8 Å². The summed E-state index contributed by atoms with van der Waals surface area (Å²) in [7, 11) is 4.79. The number of carbonyl (C=O) groups is 6. The van der Waals surface area contributed by atoms with Crippen molar-refractivity contribution in [1.29, 1.82) is 0 Å². The SMILES string of the molecule is COc1cc(-c2cn(C)c(=O)c3[nH]ncc23)cc(OC)c1CNCC(=O)NCCCCCNC(=O)CCc1ccc2c(c1)C(=O)N(C1CCC(=O)NC1=O)C2=O. The van der Waals surface area contributed by atoms with Gasteiger partial charge in [0.1, 0.15) is 23.1 Å². The first kappa shape index (κ1) is 39.3. The second kappa shape index (κ2) is 17.4. The largest absolute Gasteiger partial charge is 0.496 e. The summed E-state index contributed by atoms with van der Waals surface area (Å²) in [5.41, 5.74) is 3.60. The molecule has 6 rings (SSSR count). The van der Waals surface area contributed by atoms with E-state index in [-0.39, 0.29) is 54.3 Å². The van der Waals surface area contributed by atoms with Crippen molar-refractivity contribution >= 4 is 46.3 Å². The lowest BCUT2D eigenvalue weighted by Gasteiger charge is -2.27. The third kappa shape index (κ3) is 8.47. The number of fused-ring (bicyclic) bond motifs is 2. The molecule has 0 aliphatic carbocycles. The minimum Gasteiger partial charge on any atom is -0.496 e.